The Bertz CT molecular complexity index is 448. The summed E-state index contributed by atoms with van der Waals surface area (Å²) in [6.45, 7) is 6.68. The van der Waals surface area contributed by atoms with Crippen LogP contribution < -0.4 is 0 Å². The molecule has 0 saturated carbocycles. The van der Waals surface area contributed by atoms with Gasteiger partial charge in [-0.3, -0.25) is 0 Å². The van der Waals surface area contributed by atoms with Crippen molar-refractivity contribution in [2.24, 2.45) is 0 Å². The van der Waals surface area contributed by atoms with Crippen molar-refractivity contribution in [3.05, 3.63) is 46.7 Å². The SMILES string of the molecule is C[Si](C)(C)OC1=CCCC[C@H]1c1ccccc1Cl. The molecule has 0 spiro atoms. The van der Waals surface area contributed by atoms with Crippen LogP contribution in [-0.2, 0) is 4.43 Å². The third kappa shape index (κ3) is 3.39. The van der Waals surface area contributed by atoms with Gasteiger partial charge in [0.25, 0.3) is 0 Å². The summed E-state index contributed by atoms with van der Waals surface area (Å²) in [4.78, 5) is 0. The Morgan fingerprint density at radius 1 is 1.22 bits per heavy atom. The van der Waals surface area contributed by atoms with E-state index in [1.165, 1.54) is 12.0 Å². The molecule has 18 heavy (non-hydrogen) atoms. The van der Waals surface area contributed by atoms with Crippen molar-refractivity contribution in [1.29, 1.82) is 0 Å². The van der Waals surface area contributed by atoms with Crippen LogP contribution in [0.4, 0.5) is 0 Å². The van der Waals surface area contributed by atoms with Crippen molar-refractivity contribution in [2.45, 2.75) is 44.8 Å². The molecule has 0 radical (unpaired) electrons. The van der Waals surface area contributed by atoms with Gasteiger partial charge < -0.3 is 4.43 Å². The molecule has 98 valence electrons. The minimum absolute atomic E-state index is 0.346. The number of rotatable bonds is 3. The maximum absolute atomic E-state index is 6.32. The van der Waals surface area contributed by atoms with E-state index in [4.69, 9.17) is 16.0 Å². The molecular formula is C15H21ClOSi. The van der Waals surface area contributed by atoms with Crippen molar-refractivity contribution in [3.8, 4) is 0 Å². The zero-order valence-electron chi connectivity index (χ0n) is 11.4. The Labute approximate surface area is 116 Å². The van der Waals surface area contributed by atoms with Crippen LogP contribution in [0.3, 0.4) is 0 Å². The second kappa shape index (κ2) is 5.50. The molecule has 1 nitrogen and oxygen atoms in total. The lowest BCUT2D eigenvalue weighted by atomic mass is 9.87. The van der Waals surface area contributed by atoms with Crippen LogP contribution >= 0.6 is 11.6 Å². The van der Waals surface area contributed by atoms with E-state index >= 15 is 0 Å². The predicted octanol–water partition coefficient (Wildman–Crippen LogP) is 5.34. The van der Waals surface area contributed by atoms with Gasteiger partial charge in [0.1, 0.15) is 0 Å². The van der Waals surface area contributed by atoms with Crippen LogP contribution in [0, 0.1) is 0 Å². The lowest BCUT2D eigenvalue weighted by Gasteiger charge is -2.31. The van der Waals surface area contributed by atoms with Gasteiger partial charge >= 0.3 is 0 Å². The summed E-state index contributed by atoms with van der Waals surface area (Å²) in [6.07, 6.45) is 5.74. The molecule has 1 aliphatic carbocycles. The average Bonchev–Trinajstić information content (AvgIpc) is 2.29. The average molecular weight is 281 g/mol. The standard InChI is InChI=1S/C15H21ClOSi/c1-18(2,3)17-15-11-7-5-9-13(15)12-8-4-6-10-14(12)16/h4,6,8,10-11,13H,5,7,9H2,1-3H3/t13-/m0/s1. The molecule has 1 aromatic rings. The third-order valence-corrected chi connectivity index (χ3v) is 4.28. The topological polar surface area (TPSA) is 9.23 Å². The Hall–Kier alpha value is -0.733. The van der Waals surface area contributed by atoms with Crippen LogP contribution in [0.2, 0.25) is 24.7 Å². The monoisotopic (exact) mass is 280 g/mol. The van der Waals surface area contributed by atoms with E-state index in [0.717, 1.165) is 23.6 Å². The van der Waals surface area contributed by atoms with Gasteiger partial charge in [-0.15, -0.1) is 0 Å². The lowest BCUT2D eigenvalue weighted by Crippen LogP contribution is -2.27. The minimum Gasteiger partial charge on any atom is -0.547 e. The number of halogens is 1. The summed E-state index contributed by atoms with van der Waals surface area (Å²) in [6, 6.07) is 8.14. The Kier molecular flexibility index (Phi) is 4.18. The normalized spacial score (nSPS) is 20.4. The molecule has 0 aliphatic heterocycles. The highest BCUT2D eigenvalue weighted by atomic mass is 35.5. The zero-order valence-corrected chi connectivity index (χ0v) is 13.1. The summed E-state index contributed by atoms with van der Waals surface area (Å²) in [5.74, 6) is 1.49. The van der Waals surface area contributed by atoms with Crippen LogP contribution in [0.25, 0.3) is 0 Å². The zero-order chi connectivity index (χ0) is 13.2. The fourth-order valence-corrected chi connectivity index (χ4v) is 3.58. The first-order valence-corrected chi connectivity index (χ1v) is 10.4. The number of allylic oxidation sites excluding steroid dienone is 2. The fourth-order valence-electron chi connectivity index (χ4n) is 2.38. The number of hydrogen-bond acceptors (Lipinski definition) is 1. The molecule has 0 heterocycles. The first-order chi connectivity index (χ1) is 8.47. The highest BCUT2D eigenvalue weighted by Gasteiger charge is 2.27. The van der Waals surface area contributed by atoms with E-state index in [1.54, 1.807) is 0 Å². The highest BCUT2D eigenvalue weighted by molar-refractivity contribution is 6.70. The molecule has 1 aliphatic rings. The molecule has 1 aromatic carbocycles. The second-order valence-electron chi connectivity index (χ2n) is 5.83. The van der Waals surface area contributed by atoms with Gasteiger partial charge in [-0.25, -0.2) is 0 Å². The molecule has 0 amide bonds. The largest absolute Gasteiger partial charge is 0.547 e. The van der Waals surface area contributed by atoms with Gasteiger partial charge in [-0.05, 0) is 56.6 Å². The van der Waals surface area contributed by atoms with Crippen LogP contribution in [0.15, 0.2) is 36.1 Å². The lowest BCUT2D eigenvalue weighted by molar-refractivity contribution is 0.354. The van der Waals surface area contributed by atoms with E-state index in [1.807, 2.05) is 12.1 Å². The summed E-state index contributed by atoms with van der Waals surface area (Å²) >= 11 is 6.32. The van der Waals surface area contributed by atoms with Crippen molar-refractivity contribution in [3.63, 3.8) is 0 Å². The molecule has 0 bridgehead atoms. The van der Waals surface area contributed by atoms with Gasteiger partial charge in [-0.1, -0.05) is 29.8 Å². The van der Waals surface area contributed by atoms with Crippen molar-refractivity contribution < 1.29 is 4.43 Å². The number of hydrogen-bond donors (Lipinski definition) is 0. The van der Waals surface area contributed by atoms with E-state index in [2.05, 4.69) is 37.8 Å². The van der Waals surface area contributed by atoms with E-state index < -0.39 is 8.32 Å². The predicted molar refractivity (Wildman–Crippen MR) is 80.6 cm³/mol. The van der Waals surface area contributed by atoms with Crippen LogP contribution in [-0.4, -0.2) is 8.32 Å². The van der Waals surface area contributed by atoms with Gasteiger partial charge in [0.2, 0.25) is 8.32 Å². The summed E-state index contributed by atoms with van der Waals surface area (Å²) in [5.41, 5.74) is 1.21. The van der Waals surface area contributed by atoms with Crippen molar-refractivity contribution >= 4 is 19.9 Å². The summed E-state index contributed by atoms with van der Waals surface area (Å²) in [5, 5.41) is 0.856. The molecule has 2 rings (SSSR count). The molecular weight excluding hydrogens is 260 g/mol. The molecule has 1 atom stereocenters. The Morgan fingerprint density at radius 2 is 1.94 bits per heavy atom. The molecule has 0 saturated heterocycles. The first-order valence-electron chi connectivity index (χ1n) is 6.61. The van der Waals surface area contributed by atoms with Crippen molar-refractivity contribution in [1.82, 2.24) is 0 Å². The van der Waals surface area contributed by atoms with E-state index in [0.29, 0.717) is 5.92 Å². The van der Waals surface area contributed by atoms with Gasteiger partial charge in [0, 0.05) is 10.9 Å². The van der Waals surface area contributed by atoms with Gasteiger partial charge in [-0.2, -0.15) is 0 Å². The first kappa shape index (κ1) is 13.7. The maximum Gasteiger partial charge on any atom is 0.241 e. The smallest absolute Gasteiger partial charge is 0.241 e. The van der Waals surface area contributed by atoms with E-state index in [9.17, 15) is 0 Å². The van der Waals surface area contributed by atoms with Gasteiger partial charge in [0.05, 0.1) is 5.76 Å². The van der Waals surface area contributed by atoms with Crippen LogP contribution in [0.5, 0.6) is 0 Å². The minimum atomic E-state index is -1.55. The maximum atomic E-state index is 6.32. The van der Waals surface area contributed by atoms with Crippen LogP contribution in [0.1, 0.15) is 30.7 Å². The van der Waals surface area contributed by atoms with Gasteiger partial charge in [0.15, 0.2) is 0 Å². The summed E-state index contributed by atoms with van der Waals surface area (Å²) in [7, 11) is -1.55. The fraction of sp³-hybridized carbons (Fsp3) is 0.467. The Morgan fingerprint density at radius 3 is 2.61 bits per heavy atom. The number of benzene rings is 1. The molecule has 0 aromatic heterocycles. The molecule has 0 fully saturated rings. The third-order valence-electron chi connectivity index (χ3n) is 3.09. The second-order valence-corrected chi connectivity index (χ2v) is 10.7. The molecule has 3 heteroatoms. The Balaban J connectivity index is 2.28. The quantitative estimate of drug-likeness (QED) is 0.679. The molecule has 0 N–H and O–H groups in total. The van der Waals surface area contributed by atoms with E-state index in [-0.39, 0.29) is 0 Å². The highest BCUT2D eigenvalue weighted by Crippen LogP contribution is 2.38. The van der Waals surface area contributed by atoms with Crippen molar-refractivity contribution in [2.75, 3.05) is 0 Å². The summed E-state index contributed by atoms with van der Waals surface area (Å²) < 4.78 is 6.24. The molecule has 0 unspecified atom stereocenters.